The zero-order chi connectivity index (χ0) is 8.74. The SMILES string of the molecule is CC(C)(C)CCCC=CC=O. The Labute approximate surface area is 69.5 Å². The fourth-order valence-corrected chi connectivity index (χ4v) is 0.902. The summed E-state index contributed by atoms with van der Waals surface area (Å²) in [7, 11) is 0. The third-order valence-electron chi connectivity index (χ3n) is 1.51. The highest BCUT2D eigenvalue weighted by molar-refractivity contribution is 5.64. The zero-order valence-corrected chi connectivity index (χ0v) is 7.76. The minimum absolute atomic E-state index is 0.426. The minimum Gasteiger partial charge on any atom is -0.299 e. The van der Waals surface area contributed by atoms with E-state index in [-0.39, 0.29) is 0 Å². The monoisotopic (exact) mass is 154 g/mol. The summed E-state index contributed by atoms with van der Waals surface area (Å²) >= 11 is 0. The van der Waals surface area contributed by atoms with Crippen molar-refractivity contribution in [3.8, 4) is 0 Å². The lowest BCUT2D eigenvalue weighted by atomic mass is 9.90. The highest BCUT2D eigenvalue weighted by atomic mass is 16.1. The molecule has 0 unspecified atom stereocenters. The van der Waals surface area contributed by atoms with Crippen molar-refractivity contribution in [2.75, 3.05) is 0 Å². The minimum atomic E-state index is 0.426. The molecule has 0 heterocycles. The molecule has 1 nitrogen and oxygen atoms in total. The van der Waals surface area contributed by atoms with Crippen LogP contribution in [0.25, 0.3) is 0 Å². The van der Waals surface area contributed by atoms with E-state index in [1.54, 1.807) is 6.08 Å². The molecule has 0 saturated carbocycles. The summed E-state index contributed by atoms with van der Waals surface area (Å²) in [6.45, 7) is 6.70. The molecule has 11 heavy (non-hydrogen) atoms. The number of aldehydes is 1. The molecule has 0 spiro atoms. The van der Waals surface area contributed by atoms with E-state index in [1.165, 1.54) is 12.8 Å². The standard InChI is InChI=1S/C10H18O/c1-10(2,3)8-6-4-5-7-9-11/h5,7,9H,4,6,8H2,1-3H3. The van der Waals surface area contributed by atoms with Crippen LogP contribution in [-0.2, 0) is 4.79 Å². The molecule has 0 aliphatic rings. The van der Waals surface area contributed by atoms with Gasteiger partial charge in [0.25, 0.3) is 0 Å². The average Bonchev–Trinajstić information content (AvgIpc) is 1.85. The zero-order valence-electron chi connectivity index (χ0n) is 7.76. The molecule has 64 valence electrons. The van der Waals surface area contributed by atoms with E-state index >= 15 is 0 Å². The highest BCUT2D eigenvalue weighted by Crippen LogP contribution is 2.21. The second-order valence-electron chi connectivity index (χ2n) is 4.02. The van der Waals surface area contributed by atoms with Gasteiger partial charge in [-0.3, -0.25) is 4.79 Å². The van der Waals surface area contributed by atoms with Gasteiger partial charge in [-0.2, -0.15) is 0 Å². The maximum atomic E-state index is 9.88. The second kappa shape index (κ2) is 5.11. The Morgan fingerprint density at radius 1 is 1.27 bits per heavy atom. The molecule has 0 aromatic heterocycles. The number of hydrogen-bond acceptors (Lipinski definition) is 1. The maximum absolute atomic E-state index is 9.88. The van der Waals surface area contributed by atoms with E-state index in [0.717, 1.165) is 12.7 Å². The molecule has 0 saturated heterocycles. The molecular formula is C10H18O. The van der Waals surface area contributed by atoms with E-state index in [9.17, 15) is 4.79 Å². The molecule has 0 aliphatic carbocycles. The molecule has 0 radical (unpaired) electrons. The predicted octanol–water partition coefficient (Wildman–Crippen LogP) is 2.96. The predicted molar refractivity (Wildman–Crippen MR) is 48.5 cm³/mol. The van der Waals surface area contributed by atoms with Gasteiger partial charge in [-0.15, -0.1) is 0 Å². The van der Waals surface area contributed by atoms with E-state index in [0.29, 0.717) is 5.41 Å². The fourth-order valence-electron chi connectivity index (χ4n) is 0.902. The van der Waals surface area contributed by atoms with Crippen LogP contribution in [0.15, 0.2) is 12.2 Å². The van der Waals surface area contributed by atoms with Crippen molar-refractivity contribution in [3.63, 3.8) is 0 Å². The van der Waals surface area contributed by atoms with Crippen LogP contribution in [0.3, 0.4) is 0 Å². The van der Waals surface area contributed by atoms with Crippen LogP contribution in [0, 0.1) is 5.41 Å². The normalized spacial score (nSPS) is 12.3. The average molecular weight is 154 g/mol. The first kappa shape index (κ1) is 10.4. The van der Waals surface area contributed by atoms with Crippen LogP contribution >= 0.6 is 0 Å². The van der Waals surface area contributed by atoms with Crippen molar-refractivity contribution in [1.29, 1.82) is 0 Å². The first-order valence-corrected chi connectivity index (χ1v) is 4.16. The van der Waals surface area contributed by atoms with E-state index in [4.69, 9.17) is 0 Å². The first-order valence-electron chi connectivity index (χ1n) is 4.16. The van der Waals surface area contributed by atoms with Crippen molar-refractivity contribution < 1.29 is 4.79 Å². The fraction of sp³-hybridized carbons (Fsp3) is 0.700. The molecule has 0 rings (SSSR count). The van der Waals surface area contributed by atoms with Gasteiger partial charge < -0.3 is 0 Å². The van der Waals surface area contributed by atoms with Crippen molar-refractivity contribution in [3.05, 3.63) is 12.2 Å². The van der Waals surface area contributed by atoms with Gasteiger partial charge in [0.1, 0.15) is 6.29 Å². The Kier molecular flexibility index (Phi) is 4.84. The molecule has 0 N–H and O–H groups in total. The van der Waals surface area contributed by atoms with Crippen molar-refractivity contribution in [2.24, 2.45) is 5.41 Å². The van der Waals surface area contributed by atoms with Gasteiger partial charge in [0.05, 0.1) is 0 Å². The first-order chi connectivity index (χ1) is 5.06. The summed E-state index contributed by atoms with van der Waals surface area (Å²) < 4.78 is 0. The summed E-state index contributed by atoms with van der Waals surface area (Å²) in [6.07, 6.45) is 7.75. The summed E-state index contributed by atoms with van der Waals surface area (Å²) in [6, 6.07) is 0. The van der Waals surface area contributed by atoms with E-state index in [1.807, 2.05) is 6.08 Å². The van der Waals surface area contributed by atoms with Crippen molar-refractivity contribution >= 4 is 6.29 Å². The highest BCUT2D eigenvalue weighted by Gasteiger charge is 2.07. The number of carbonyl (C=O) groups excluding carboxylic acids is 1. The molecule has 0 atom stereocenters. The van der Waals surface area contributed by atoms with Crippen LogP contribution in [0.5, 0.6) is 0 Å². The summed E-state index contributed by atoms with van der Waals surface area (Å²) in [5.41, 5.74) is 0.426. The topological polar surface area (TPSA) is 17.1 Å². The largest absolute Gasteiger partial charge is 0.299 e. The number of unbranched alkanes of at least 4 members (excludes halogenated alkanes) is 1. The molecule has 1 heteroatoms. The summed E-state index contributed by atoms with van der Waals surface area (Å²) in [5, 5.41) is 0. The Morgan fingerprint density at radius 2 is 1.91 bits per heavy atom. The molecule has 0 aromatic rings. The number of hydrogen-bond donors (Lipinski definition) is 0. The van der Waals surface area contributed by atoms with Gasteiger partial charge in [-0.1, -0.05) is 26.8 Å². The lowest BCUT2D eigenvalue weighted by Gasteiger charge is -2.16. The third-order valence-corrected chi connectivity index (χ3v) is 1.51. The van der Waals surface area contributed by atoms with E-state index in [2.05, 4.69) is 20.8 Å². The van der Waals surface area contributed by atoms with Crippen LogP contribution < -0.4 is 0 Å². The molecule has 0 aliphatic heterocycles. The molecular weight excluding hydrogens is 136 g/mol. The van der Waals surface area contributed by atoms with Gasteiger partial charge in [-0.25, -0.2) is 0 Å². The van der Waals surface area contributed by atoms with Gasteiger partial charge in [0, 0.05) is 0 Å². The maximum Gasteiger partial charge on any atom is 0.142 e. The second-order valence-corrected chi connectivity index (χ2v) is 4.02. The molecule has 0 aromatic carbocycles. The quantitative estimate of drug-likeness (QED) is 0.345. The molecule has 0 amide bonds. The van der Waals surface area contributed by atoms with Crippen molar-refractivity contribution in [2.45, 2.75) is 40.0 Å². The summed E-state index contributed by atoms with van der Waals surface area (Å²) in [4.78, 5) is 9.88. The van der Waals surface area contributed by atoms with Gasteiger partial charge in [-0.05, 0) is 30.8 Å². The van der Waals surface area contributed by atoms with Crippen LogP contribution in [-0.4, -0.2) is 6.29 Å². The third kappa shape index (κ3) is 9.41. The van der Waals surface area contributed by atoms with Crippen LogP contribution in [0.4, 0.5) is 0 Å². The lowest BCUT2D eigenvalue weighted by Crippen LogP contribution is -2.03. The van der Waals surface area contributed by atoms with Gasteiger partial charge in [0.15, 0.2) is 0 Å². The Morgan fingerprint density at radius 3 is 2.36 bits per heavy atom. The Hall–Kier alpha value is -0.590. The van der Waals surface area contributed by atoms with Gasteiger partial charge in [0.2, 0.25) is 0 Å². The number of allylic oxidation sites excluding steroid dienone is 2. The van der Waals surface area contributed by atoms with Gasteiger partial charge >= 0.3 is 0 Å². The smallest absolute Gasteiger partial charge is 0.142 e. The van der Waals surface area contributed by atoms with Crippen LogP contribution in [0.1, 0.15) is 40.0 Å². The molecule has 0 fully saturated rings. The molecule has 0 bridgehead atoms. The van der Waals surface area contributed by atoms with Crippen molar-refractivity contribution in [1.82, 2.24) is 0 Å². The number of carbonyl (C=O) groups is 1. The van der Waals surface area contributed by atoms with E-state index < -0.39 is 0 Å². The summed E-state index contributed by atoms with van der Waals surface area (Å²) in [5.74, 6) is 0. The van der Waals surface area contributed by atoms with Crippen LogP contribution in [0.2, 0.25) is 0 Å². The Bertz CT molecular complexity index is 128. The number of rotatable bonds is 4. The lowest BCUT2D eigenvalue weighted by molar-refractivity contribution is -0.104. The Balaban J connectivity index is 3.28.